The smallest absolute Gasteiger partial charge is 0.220 e. The Morgan fingerprint density at radius 1 is 1.07 bits per heavy atom. The van der Waals surface area contributed by atoms with Crippen molar-refractivity contribution in [2.75, 3.05) is 13.2 Å². The van der Waals surface area contributed by atoms with Crippen LogP contribution >= 0.6 is 0 Å². The summed E-state index contributed by atoms with van der Waals surface area (Å²) in [6.07, 6.45) is 1.04. The Hall–Kier alpha value is -3.41. The molecule has 30 heavy (non-hydrogen) atoms. The van der Waals surface area contributed by atoms with Gasteiger partial charge in [-0.1, -0.05) is 30.3 Å². The van der Waals surface area contributed by atoms with Crippen molar-refractivity contribution in [3.05, 3.63) is 71.2 Å². The molecule has 0 aliphatic carbocycles. The molecule has 0 fully saturated rings. The second-order valence-electron chi connectivity index (χ2n) is 7.52. The number of amides is 1. The lowest BCUT2D eigenvalue weighted by Crippen LogP contribution is -2.28. The first-order valence-electron chi connectivity index (χ1n) is 10.2. The highest BCUT2D eigenvalue weighted by Crippen LogP contribution is 2.20. The summed E-state index contributed by atoms with van der Waals surface area (Å²) in [6, 6.07) is 16.1. The largest absolute Gasteiger partial charge is 0.492 e. The van der Waals surface area contributed by atoms with E-state index >= 15 is 0 Å². The molecule has 0 aliphatic rings. The van der Waals surface area contributed by atoms with Gasteiger partial charge in [0.25, 0.3) is 0 Å². The van der Waals surface area contributed by atoms with Crippen LogP contribution in [-0.4, -0.2) is 33.7 Å². The minimum atomic E-state index is 0.00709. The van der Waals surface area contributed by atoms with Gasteiger partial charge in [-0.05, 0) is 55.7 Å². The predicted octanol–water partition coefficient (Wildman–Crippen LogP) is 3.94. The number of nitrogens with zero attached hydrogens (tertiary/aromatic N) is 3. The molecular formula is C24H26N4O2. The fourth-order valence-corrected chi connectivity index (χ4v) is 3.75. The van der Waals surface area contributed by atoms with Crippen LogP contribution < -0.4 is 10.1 Å². The minimum Gasteiger partial charge on any atom is -0.492 e. The number of hydrogen-bond donors (Lipinski definition) is 1. The highest BCUT2D eigenvalue weighted by molar-refractivity contribution is 5.83. The van der Waals surface area contributed by atoms with E-state index < -0.39 is 0 Å². The van der Waals surface area contributed by atoms with Crippen LogP contribution in [-0.2, 0) is 11.2 Å². The van der Waals surface area contributed by atoms with Gasteiger partial charge in [-0.15, -0.1) is 0 Å². The predicted molar refractivity (Wildman–Crippen MR) is 118 cm³/mol. The monoisotopic (exact) mass is 402 g/mol. The number of hydrogen-bond acceptors (Lipinski definition) is 4. The molecule has 0 aliphatic heterocycles. The third-order valence-electron chi connectivity index (χ3n) is 5.30. The van der Waals surface area contributed by atoms with Crippen LogP contribution in [0.15, 0.2) is 48.5 Å². The Balaban J connectivity index is 1.27. The van der Waals surface area contributed by atoms with Crippen molar-refractivity contribution in [1.82, 2.24) is 19.9 Å². The number of fused-ring (bicyclic) bond motifs is 2. The highest BCUT2D eigenvalue weighted by Gasteiger charge is 2.12. The molecular weight excluding hydrogens is 376 g/mol. The van der Waals surface area contributed by atoms with Crippen molar-refractivity contribution in [2.24, 2.45) is 0 Å². The van der Waals surface area contributed by atoms with Crippen LogP contribution in [0.25, 0.3) is 16.4 Å². The Morgan fingerprint density at radius 2 is 1.87 bits per heavy atom. The quantitative estimate of drug-likeness (QED) is 0.476. The van der Waals surface area contributed by atoms with E-state index in [-0.39, 0.29) is 5.91 Å². The molecule has 2 heterocycles. The van der Waals surface area contributed by atoms with E-state index in [0.717, 1.165) is 39.4 Å². The van der Waals surface area contributed by atoms with Gasteiger partial charge in [-0.25, -0.2) is 9.50 Å². The van der Waals surface area contributed by atoms with Crippen molar-refractivity contribution < 1.29 is 9.53 Å². The lowest BCUT2D eigenvalue weighted by Gasteiger charge is -2.11. The van der Waals surface area contributed by atoms with Gasteiger partial charge >= 0.3 is 0 Å². The summed E-state index contributed by atoms with van der Waals surface area (Å²) in [5.41, 5.74) is 4.85. The van der Waals surface area contributed by atoms with Gasteiger partial charge in [0.1, 0.15) is 12.4 Å². The summed E-state index contributed by atoms with van der Waals surface area (Å²) >= 11 is 0. The molecule has 0 atom stereocenters. The molecule has 0 saturated heterocycles. The number of carbonyl (C=O) groups excluding carboxylic acids is 1. The summed E-state index contributed by atoms with van der Waals surface area (Å²) in [4.78, 5) is 16.9. The van der Waals surface area contributed by atoms with Gasteiger partial charge in [0.05, 0.1) is 12.2 Å². The molecule has 0 saturated carbocycles. The second kappa shape index (κ2) is 8.53. The Bertz CT molecular complexity index is 1210. The van der Waals surface area contributed by atoms with Crippen LogP contribution in [0.3, 0.4) is 0 Å². The van der Waals surface area contributed by atoms with Crippen LogP contribution in [0.4, 0.5) is 0 Å². The van der Waals surface area contributed by atoms with Gasteiger partial charge in [0.15, 0.2) is 5.65 Å². The minimum absolute atomic E-state index is 0.00709. The first-order chi connectivity index (χ1) is 14.5. The third-order valence-corrected chi connectivity index (χ3v) is 5.30. The van der Waals surface area contributed by atoms with Crippen molar-refractivity contribution in [1.29, 1.82) is 0 Å². The van der Waals surface area contributed by atoms with Gasteiger partial charge in [-0.3, -0.25) is 4.79 Å². The van der Waals surface area contributed by atoms with Crippen LogP contribution in [0.5, 0.6) is 5.75 Å². The second-order valence-corrected chi connectivity index (χ2v) is 7.52. The lowest BCUT2D eigenvalue weighted by atomic mass is 10.1. The van der Waals surface area contributed by atoms with E-state index in [1.165, 1.54) is 5.39 Å². The fourth-order valence-electron chi connectivity index (χ4n) is 3.75. The molecule has 0 radical (unpaired) electrons. The topological polar surface area (TPSA) is 68.5 Å². The maximum absolute atomic E-state index is 12.3. The van der Waals surface area contributed by atoms with Crippen molar-refractivity contribution in [3.63, 3.8) is 0 Å². The molecule has 4 rings (SSSR count). The zero-order chi connectivity index (χ0) is 21.1. The average molecular weight is 402 g/mol. The van der Waals surface area contributed by atoms with Gasteiger partial charge in [0, 0.05) is 23.9 Å². The number of ether oxygens (including phenoxy) is 1. The fraction of sp³-hybridized carbons (Fsp3) is 0.292. The summed E-state index contributed by atoms with van der Waals surface area (Å²) in [6.45, 7) is 6.87. The van der Waals surface area contributed by atoms with E-state index in [9.17, 15) is 4.79 Å². The number of aromatic nitrogens is 3. The summed E-state index contributed by atoms with van der Waals surface area (Å²) in [7, 11) is 0. The van der Waals surface area contributed by atoms with Crippen molar-refractivity contribution in [2.45, 2.75) is 33.6 Å². The van der Waals surface area contributed by atoms with Gasteiger partial charge < -0.3 is 10.1 Å². The van der Waals surface area contributed by atoms with E-state index in [4.69, 9.17) is 4.74 Å². The number of carbonyl (C=O) groups is 1. The zero-order valence-corrected chi connectivity index (χ0v) is 17.6. The molecule has 154 valence electrons. The molecule has 1 N–H and O–H groups in total. The van der Waals surface area contributed by atoms with Gasteiger partial charge in [0.2, 0.25) is 5.91 Å². The molecule has 4 aromatic rings. The standard InChI is InChI=1S/C24H26N4O2/c1-16-14-23-26-17(2)22(18(3)28(23)27-16)10-11-24(29)25-12-13-30-21-9-8-19-6-4-5-7-20(19)15-21/h4-9,14-15H,10-13H2,1-3H3,(H,25,29). The summed E-state index contributed by atoms with van der Waals surface area (Å²) in [5, 5.41) is 9.74. The van der Waals surface area contributed by atoms with Crippen molar-refractivity contribution in [3.8, 4) is 5.75 Å². The summed E-state index contributed by atoms with van der Waals surface area (Å²) in [5.74, 6) is 0.816. The first-order valence-corrected chi connectivity index (χ1v) is 10.2. The van der Waals surface area contributed by atoms with E-state index in [0.29, 0.717) is 26.0 Å². The molecule has 2 aromatic carbocycles. The zero-order valence-electron chi connectivity index (χ0n) is 17.6. The lowest BCUT2D eigenvalue weighted by molar-refractivity contribution is -0.121. The molecule has 0 bridgehead atoms. The van der Waals surface area contributed by atoms with Crippen LogP contribution in [0.2, 0.25) is 0 Å². The molecule has 6 nitrogen and oxygen atoms in total. The molecule has 0 unspecified atom stereocenters. The molecule has 1 amide bonds. The highest BCUT2D eigenvalue weighted by atomic mass is 16.5. The normalized spacial score (nSPS) is 11.2. The number of rotatable bonds is 7. The number of benzene rings is 2. The maximum atomic E-state index is 12.3. The van der Waals surface area contributed by atoms with Crippen LogP contribution in [0, 0.1) is 20.8 Å². The SMILES string of the molecule is Cc1cc2nc(C)c(CCC(=O)NCCOc3ccc4ccccc4c3)c(C)n2n1. The van der Waals surface area contributed by atoms with E-state index in [1.807, 2.05) is 61.7 Å². The maximum Gasteiger partial charge on any atom is 0.220 e. The number of aryl methyl sites for hydroxylation is 3. The Morgan fingerprint density at radius 3 is 2.70 bits per heavy atom. The number of nitrogens with one attached hydrogen (secondary N) is 1. The van der Waals surface area contributed by atoms with E-state index in [2.05, 4.69) is 27.5 Å². The molecule has 2 aromatic heterocycles. The third kappa shape index (κ3) is 4.27. The van der Waals surface area contributed by atoms with Crippen LogP contribution in [0.1, 0.15) is 29.1 Å². The Kier molecular flexibility index (Phi) is 5.65. The van der Waals surface area contributed by atoms with E-state index in [1.54, 1.807) is 0 Å². The Labute approximate surface area is 175 Å². The molecule has 6 heteroatoms. The molecule has 0 spiro atoms. The first kappa shape index (κ1) is 19.9. The van der Waals surface area contributed by atoms with Crippen molar-refractivity contribution >= 4 is 22.3 Å². The average Bonchev–Trinajstić information content (AvgIpc) is 3.11. The summed E-state index contributed by atoms with van der Waals surface area (Å²) < 4.78 is 7.63. The van der Waals surface area contributed by atoms with Gasteiger partial charge in [-0.2, -0.15) is 5.10 Å².